The second kappa shape index (κ2) is 11.7. The van der Waals surface area contributed by atoms with Gasteiger partial charge < -0.3 is 26.2 Å². The number of nitrogens with two attached hydrogens (primary N) is 1. The number of nitrogens with zero attached hydrogens (tertiary/aromatic N) is 1. The zero-order valence-electron chi connectivity index (χ0n) is 20.9. The number of aliphatic hydroxyl groups is 1. The van der Waals surface area contributed by atoms with Gasteiger partial charge in [0, 0.05) is 25.9 Å². The Morgan fingerprint density at radius 3 is 2.58 bits per heavy atom. The van der Waals surface area contributed by atoms with Crippen LogP contribution >= 0.6 is 0 Å². The normalized spacial score (nSPS) is 30.8. The molecule has 0 spiro atoms. The summed E-state index contributed by atoms with van der Waals surface area (Å²) in [5.74, 6) is -1.72. The van der Waals surface area contributed by atoms with Gasteiger partial charge in [0.05, 0.1) is 24.7 Å². The molecule has 1 aliphatic carbocycles. The van der Waals surface area contributed by atoms with Crippen molar-refractivity contribution in [2.75, 3.05) is 13.1 Å². The fourth-order valence-corrected chi connectivity index (χ4v) is 5.44. The molecular formula is C26H38N4O6. The number of benzene rings is 1. The number of hydrogen-bond donors (Lipinski definition) is 4. The summed E-state index contributed by atoms with van der Waals surface area (Å²) in [6.45, 7) is 3.26. The summed E-state index contributed by atoms with van der Waals surface area (Å²) in [5, 5.41) is 18.7. The summed E-state index contributed by atoms with van der Waals surface area (Å²) in [6.07, 6.45) is 2.78. The van der Waals surface area contributed by atoms with Crippen molar-refractivity contribution in [1.82, 2.24) is 15.7 Å². The second-order valence-electron chi connectivity index (χ2n) is 10.0. The van der Waals surface area contributed by atoms with Crippen molar-refractivity contribution < 1.29 is 29.1 Å². The molecule has 0 bridgehead atoms. The fraction of sp³-hybridized carbons (Fsp3) is 0.654. The summed E-state index contributed by atoms with van der Waals surface area (Å²) >= 11 is 0. The van der Waals surface area contributed by atoms with E-state index in [-0.39, 0.29) is 30.2 Å². The molecule has 6 atom stereocenters. The molecule has 3 aliphatic rings. The van der Waals surface area contributed by atoms with Crippen LogP contribution in [0.1, 0.15) is 57.4 Å². The van der Waals surface area contributed by atoms with Gasteiger partial charge in [0.25, 0.3) is 5.91 Å². The Morgan fingerprint density at radius 1 is 1.11 bits per heavy atom. The highest BCUT2D eigenvalue weighted by molar-refractivity contribution is 5.90. The van der Waals surface area contributed by atoms with Gasteiger partial charge in [-0.15, -0.1) is 0 Å². The number of aliphatic hydroxyl groups excluding tert-OH is 1. The Bertz CT molecular complexity index is 930. The third kappa shape index (κ3) is 5.72. The molecule has 0 aromatic heterocycles. The number of amides is 3. The van der Waals surface area contributed by atoms with E-state index in [0.717, 1.165) is 24.8 Å². The van der Waals surface area contributed by atoms with Gasteiger partial charge in [-0.05, 0) is 24.8 Å². The lowest BCUT2D eigenvalue weighted by molar-refractivity contribution is -0.219. The average molecular weight is 503 g/mol. The van der Waals surface area contributed by atoms with Crippen LogP contribution in [0.4, 0.5) is 0 Å². The first-order valence-electron chi connectivity index (χ1n) is 13.0. The topological polar surface area (TPSA) is 147 Å². The van der Waals surface area contributed by atoms with Crippen LogP contribution < -0.4 is 16.4 Å². The molecular weight excluding hydrogens is 464 g/mol. The minimum Gasteiger partial charge on any atom is -0.390 e. The highest BCUT2D eigenvalue weighted by atomic mass is 16.7. The van der Waals surface area contributed by atoms with E-state index in [1.807, 2.05) is 37.3 Å². The lowest BCUT2D eigenvalue weighted by Crippen LogP contribution is -2.61. The molecule has 10 heteroatoms. The van der Waals surface area contributed by atoms with Crippen molar-refractivity contribution in [3.05, 3.63) is 35.9 Å². The van der Waals surface area contributed by atoms with Crippen LogP contribution in [0.25, 0.3) is 0 Å². The zero-order valence-corrected chi connectivity index (χ0v) is 20.9. The lowest BCUT2D eigenvalue weighted by atomic mass is 9.70. The van der Waals surface area contributed by atoms with Crippen LogP contribution in [0, 0.1) is 5.92 Å². The SMILES string of the molecule is CCCCNC(=O)[C@@H]1[C@@H]2[C@H](O)[C@H]3O[C@H]3C[C@]2(C(=O)NCCCCCC(N)=O)ON1Cc1ccccc1. The van der Waals surface area contributed by atoms with Crippen LogP contribution in [0.15, 0.2) is 30.3 Å². The Hall–Kier alpha value is -2.53. The predicted octanol–water partition coefficient (Wildman–Crippen LogP) is 0.768. The number of hydrogen-bond acceptors (Lipinski definition) is 7. The number of ether oxygens (including phenoxy) is 1. The Labute approximate surface area is 211 Å². The van der Waals surface area contributed by atoms with Crippen LogP contribution in [-0.2, 0) is 30.5 Å². The number of carbonyl (C=O) groups is 3. The van der Waals surface area contributed by atoms with Crippen molar-refractivity contribution in [3.63, 3.8) is 0 Å². The highest BCUT2D eigenvalue weighted by Gasteiger charge is 2.72. The fourth-order valence-electron chi connectivity index (χ4n) is 5.44. The molecule has 198 valence electrons. The standard InChI is InChI=1S/C26H38N4O6/c1-2-3-13-28-24(33)21-20-22(32)23-18(35-23)15-26(20,25(34)29-14-9-5-8-12-19(27)31)36-30(21)16-17-10-6-4-7-11-17/h4,6-7,10-11,18,20-23,32H,2-3,5,8-9,12-16H2,1H3,(H2,27,31)(H,28,33)(H,29,34)/t18-,20+,21-,22-,23-,26-/m0/s1. The summed E-state index contributed by atoms with van der Waals surface area (Å²) in [5.41, 5.74) is 4.71. The first-order chi connectivity index (χ1) is 17.4. The molecule has 2 aliphatic heterocycles. The van der Waals surface area contributed by atoms with Crippen molar-refractivity contribution in [1.29, 1.82) is 0 Å². The molecule has 2 saturated heterocycles. The molecule has 1 aromatic carbocycles. The number of hydroxylamine groups is 2. The molecule has 3 fully saturated rings. The van der Waals surface area contributed by atoms with Gasteiger partial charge in [0.15, 0.2) is 5.60 Å². The van der Waals surface area contributed by atoms with E-state index in [2.05, 4.69) is 10.6 Å². The van der Waals surface area contributed by atoms with E-state index in [1.165, 1.54) is 0 Å². The Balaban J connectivity index is 1.53. The number of unbranched alkanes of at least 4 members (excludes halogenated alkanes) is 3. The van der Waals surface area contributed by atoms with E-state index >= 15 is 0 Å². The summed E-state index contributed by atoms with van der Waals surface area (Å²) in [7, 11) is 0. The molecule has 10 nitrogen and oxygen atoms in total. The molecule has 4 rings (SSSR count). The number of epoxide rings is 1. The van der Waals surface area contributed by atoms with Crippen LogP contribution in [0.5, 0.6) is 0 Å². The zero-order chi connectivity index (χ0) is 25.7. The van der Waals surface area contributed by atoms with Gasteiger partial charge >= 0.3 is 0 Å². The van der Waals surface area contributed by atoms with E-state index < -0.39 is 29.8 Å². The van der Waals surface area contributed by atoms with E-state index in [4.69, 9.17) is 15.3 Å². The number of nitrogens with one attached hydrogen (secondary N) is 2. The summed E-state index contributed by atoms with van der Waals surface area (Å²) in [6, 6.07) is 8.76. The van der Waals surface area contributed by atoms with Crippen molar-refractivity contribution in [2.24, 2.45) is 11.7 Å². The van der Waals surface area contributed by atoms with Gasteiger partial charge in [-0.2, -0.15) is 5.06 Å². The smallest absolute Gasteiger partial charge is 0.254 e. The maximum atomic E-state index is 13.6. The lowest BCUT2D eigenvalue weighted by Gasteiger charge is -2.37. The van der Waals surface area contributed by atoms with Gasteiger partial charge in [-0.1, -0.05) is 50.1 Å². The van der Waals surface area contributed by atoms with Crippen molar-refractivity contribution in [3.8, 4) is 0 Å². The third-order valence-electron chi connectivity index (χ3n) is 7.35. The second-order valence-corrected chi connectivity index (χ2v) is 10.0. The van der Waals surface area contributed by atoms with E-state index in [0.29, 0.717) is 38.9 Å². The first-order valence-corrected chi connectivity index (χ1v) is 13.0. The summed E-state index contributed by atoms with van der Waals surface area (Å²) < 4.78 is 5.66. The quantitative estimate of drug-likeness (QED) is 0.230. The Morgan fingerprint density at radius 2 is 1.86 bits per heavy atom. The monoisotopic (exact) mass is 502 g/mol. The van der Waals surface area contributed by atoms with Crippen LogP contribution in [-0.4, -0.2) is 70.9 Å². The molecule has 5 N–H and O–H groups in total. The van der Waals surface area contributed by atoms with Gasteiger partial charge in [-0.3, -0.25) is 19.2 Å². The molecule has 3 amide bonds. The van der Waals surface area contributed by atoms with Crippen molar-refractivity contribution >= 4 is 17.7 Å². The Kier molecular flexibility index (Phi) is 8.61. The number of carbonyl (C=O) groups excluding carboxylic acids is 3. The number of primary amides is 1. The minimum absolute atomic E-state index is 0.261. The maximum Gasteiger partial charge on any atom is 0.254 e. The molecule has 1 aromatic rings. The molecule has 0 unspecified atom stereocenters. The molecule has 1 saturated carbocycles. The van der Waals surface area contributed by atoms with Gasteiger partial charge in [-0.25, -0.2) is 0 Å². The van der Waals surface area contributed by atoms with E-state index in [9.17, 15) is 19.5 Å². The van der Waals surface area contributed by atoms with Crippen LogP contribution in [0.3, 0.4) is 0 Å². The number of rotatable bonds is 13. The first kappa shape index (κ1) is 26.5. The molecule has 36 heavy (non-hydrogen) atoms. The van der Waals surface area contributed by atoms with Gasteiger partial charge in [0.2, 0.25) is 11.8 Å². The number of fused-ring (bicyclic) bond motifs is 2. The largest absolute Gasteiger partial charge is 0.390 e. The van der Waals surface area contributed by atoms with Crippen LogP contribution in [0.2, 0.25) is 0 Å². The summed E-state index contributed by atoms with van der Waals surface area (Å²) in [4.78, 5) is 44.4. The third-order valence-corrected chi connectivity index (χ3v) is 7.35. The highest BCUT2D eigenvalue weighted by Crippen LogP contribution is 2.53. The average Bonchev–Trinajstić information content (AvgIpc) is 3.55. The van der Waals surface area contributed by atoms with Crippen molar-refractivity contribution in [2.45, 2.75) is 88.4 Å². The molecule has 0 radical (unpaired) electrons. The van der Waals surface area contributed by atoms with Gasteiger partial charge in [0.1, 0.15) is 12.1 Å². The predicted molar refractivity (Wildman–Crippen MR) is 131 cm³/mol. The molecule has 2 heterocycles. The minimum atomic E-state index is -1.41. The van der Waals surface area contributed by atoms with E-state index in [1.54, 1.807) is 5.06 Å². The maximum absolute atomic E-state index is 13.6.